The van der Waals surface area contributed by atoms with E-state index < -0.39 is 0 Å². The second-order valence-electron chi connectivity index (χ2n) is 3.65. The Morgan fingerprint density at radius 1 is 1.56 bits per heavy atom. The number of hydrogen-bond acceptors (Lipinski definition) is 3. The highest BCUT2D eigenvalue weighted by Gasteiger charge is 2.14. The Morgan fingerprint density at radius 3 is 2.83 bits per heavy atom. The lowest BCUT2D eigenvalue weighted by molar-refractivity contribution is 0.102. The van der Waals surface area contributed by atoms with Gasteiger partial charge in [-0.1, -0.05) is 27.5 Å². The monoisotopic (exact) mass is 328 g/mol. The highest BCUT2D eigenvalue weighted by atomic mass is 79.9. The van der Waals surface area contributed by atoms with Gasteiger partial charge in [0.05, 0.1) is 16.9 Å². The molecular weight excluding hydrogens is 320 g/mol. The first-order valence-corrected chi connectivity index (χ1v) is 6.20. The van der Waals surface area contributed by atoms with Crippen LogP contribution < -0.4 is 11.1 Å². The summed E-state index contributed by atoms with van der Waals surface area (Å²) >= 11 is 9.30. The molecule has 0 fully saturated rings. The van der Waals surface area contributed by atoms with Gasteiger partial charge in [-0.05, 0) is 18.2 Å². The van der Waals surface area contributed by atoms with Crippen LogP contribution in [0.15, 0.2) is 28.9 Å². The van der Waals surface area contributed by atoms with Crippen molar-refractivity contribution in [1.29, 1.82) is 0 Å². The Labute approximate surface area is 117 Å². The molecule has 1 aromatic heterocycles. The summed E-state index contributed by atoms with van der Waals surface area (Å²) < 4.78 is 2.27. The summed E-state index contributed by atoms with van der Waals surface area (Å²) in [6.45, 7) is 0. The van der Waals surface area contributed by atoms with Crippen molar-refractivity contribution >= 4 is 44.9 Å². The van der Waals surface area contributed by atoms with E-state index in [4.69, 9.17) is 17.3 Å². The van der Waals surface area contributed by atoms with Crippen molar-refractivity contribution in [3.05, 3.63) is 39.5 Å². The lowest BCUT2D eigenvalue weighted by Crippen LogP contribution is -2.14. The van der Waals surface area contributed by atoms with Crippen molar-refractivity contribution in [1.82, 2.24) is 9.78 Å². The third-order valence-electron chi connectivity index (χ3n) is 2.41. The molecule has 2 aromatic rings. The topological polar surface area (TPSA) is 72.9 Å². The second kappa shape index (κ2) is 4.99. The number of halogens is 2. The molecule has 0 saturated heterocycles. The van der Waals surface area contributed by atoms with E-state index in [9.17, 15) is 4.79 Å². The van der Waals surface area contributed by atoms with Crippen molar-refractivity contribution in [2.75, 3.05) is 11.1 Å². The normalized spacial score (nSPS) is 10.4. The zero-order valence-corrected chi connectivity index (χ0v) is 11.8. The SMILES string of the molecule is Cn1ncc(C(=O)Nc2ccc(Br)cc2Cl)c1N. The molecule has 18 heavy (non-hydrogen) atoms. The predicted molar refractivity (Wildman–Crippen MR) is 74.7 cm³/mol. The molecular formula is C11H10BrClN4O. The van der Waals surface area contributed by atoms with Crippen molar-refractivity contribution in [3.63, 3.8) is 0 Å². The molecule has 0 aliphatic carbocycles. The molecule has 2 rings (SSSR count). The van der Waals surface area contributed by atoms with Crippen LogP contribution in [0.4, 0.5) is 11.5 Å². The summed E-state index contributed by atoms with van der Waals surface area (Å²) in [5.74, 6) is -0.0365. The van der Waals surface area contributed by atoms with Crippen LogP contribution in [0.25, 0.3) is 0 Å². The minimum atomic E-state index is -0.343. The maximum absolute atomic E-state index is 12.0. The number of aryl methyl sites for hydroxylation is 1. The lowest BCUT2D eigenvalue weighted by atomic mass is 10.2. The third-order valence-corrected chi connectivity index (χ3v) is 3.21. The summed E-state index contributed by atoms with van der Waals surface area (Å²) in [5, 5.41) is 7.03. The lowest BCUT2D eigenvalue weighted by Gasteiger charge is -2.07. The fourth-order valence-corrected chi connectivity index (χ4v) is 2.12. The molecule has 1 heterocycles. The number of nitrogen functional groups attached to an aromatic ring is 1. The molecule has 94 valence electrons. The number of hydrogen-bond donors (Lipinski definition) is 2. The van der Waals surface area contributed by atoms with Gasteiger partial charge >= 0.3 is 0 Å². The quantitative estimate of drug-likeness (QED) is 0.889. The highest BCUT2D eigenvalue weighted by Crippen LogP contribution is 2.26. The largest absolute Gasteiger partial charge is 0.383 e. The van der Waals surface area contributed by atoms with E-state index in [1.165, 1.54) is 10.9 Å². The van der Waals surface area contributed by atoms with Crippen LogP contribution in [0.1, 0.15) is 10.4 Å². The van der Waals surface area contributed by atoms with Crippen LogP contribution in [0.5, 0.6) is 0 Å². The zero-order valence-electron chi connectivity index (χ0n) is 9.45. The summed E-state index contributed by atoms with van der Waals surface area (Å²) in [7, 11) is 1.67. The van der Waals surface area contributed by atoms with E-state index in [1.807, 2.05) is 0 Å². The maximum atomic E-state index is 12.0. The van der Waals surface area contributed by atoms with Crippen LogP contribution in [0.2, 0.25) is 5.02 Å². The smallest absolute Gasteiger partial charge is 0.261 e. The van der Waals surface area contributed by atoms with Crippen LogP contribution in [-0.4, -0.2) is 15.7 Å². The van der Waals surface area contributed by atoms with Crippen LogP contribution in [0.3, 0.4) is 0 Å². The van der Waals surface area contributed by atoms with Gasteiger partial charge in [-0.25, -0.2) is 0 Å². The van der Waals surface area contributed by atoms with E-state index in [0.717, 1.165) is 4.47 Å². The number of anilines is 2. The maximum Gasteiger partial charge on any atom is 0.261 e. The molecule has 5 nitrogen and oxygen atoms in total. The Balaban J connectivity index is 2.24. The van der Waals surface area contributed by atoms with E-state index >= 15 is 0 Å². The molecule has 1 aromatic carbocycles. The van der Waals surface area contributed by atoms with Gasteiger partial charge in [0, 0.05) is 11.5 Å². The van der Waals surface area contributed by atoms with Gasteiger partial charge < -0.3 is 11.1 Å². The number of carbonyl (C=O) groups excluding carboxylic acids is 1. The molecule has 3 N–H and O–H groups in total. The van der Waals surface area contributed by atoms with Gasteiger partial charge in [-0.15, -0.1) is 0 Å². The Morgan fingerprint density at radius 2 is 2.28 bits per heavy atom. The number of aromatic nitrogens is 2. The summed E-state index contributed by atoms with van der Waals surface area (Å²) in [6.07, 6.45) is 1.41. The average Bonchev–Trinajstić information content (AvgIpc) is 2.64. The van der Waals surface area contributed by atoms with Crippen LogP contribution >= 0.6 is 27.5 Å². The predicted octanol–water partition coefficient (Wildman–Crippen LogP) is 2.67. The molecule has 0 unspecified atom stereocenters. The summed E-state index contributed by atoms with van der Waals surface area (Å²) in [6, 6.07) is 5.19. The first-order valence-electron chi connectivity index (χ1n) is 5.03. The average molecular weight is 330 g/mol. The minimum Gasteiger partial charge on any atom is -0.383 e. The minimum absolute atomic E-state index is 0.306. The van der Waals surface area contributed by atoms with Gasteiger partial charge in [-0.3, -0.25) is 9.48 Å². The molecule has 0 saturated carbocycles. The fourth-order valence-electron chi connectivity index (χ4n) is 1.40. The first-order chi connectivity index (χ1) is 8.49. The number of amides is 1. The van der Waals surface area contributed by atoms with Crippen LogP contribution in [-0.2, 0) is 7.05 Å². The highest BCUT2D eigenvalue weighted by molar-refractivity contribution is 9.10. The van der Waals surface area contributed by atoms with E-state index in [0.29, 0.717) is 22.1 Å². The molecule has 7 heteroatoms. The van der Waals surface area contributed by atoms with Gasteiger partial charge in [-0.2, -0.15) is 5.10 Å². The number of nitrogens with two attached hydrogens (primary N) is 1. The second-order valence-corrected chi connectivity index (χ2v) is 4.97. The number of rotatable bonds is 2. The molecule has 0 spiro atoms. The Kier molecular flexibility index (Phi) is 3.58. The van der Waals surface area contributed by atoms with Gasteiger partial charge in [0.25, 0.3) is 5.91 Å². The van der Waals surface area contributed by atoms with E-state index in [2.05, 4.69) is 26.3 Å². The Hall–Kier alpha value is -1.53. The van der Waals surface area contributed by atoms with E-state index in [1.54, 1.807) is 25.2 Å². The van der Waals surface area contributed by atoms with Crippen molar-refractivity contribution in [2.24, 2.45) is 7.05 Å². The van der Waals surface area contributed by atoms with E-state index in [-0.39, 0.29) is 5.91 Å². The Bertz CT molecular complexity index is 611. The third kappa shape index (κ3) is 2.49. The molecule has 1 amide bonds. The summed E-state index contributed by atoms with van der Waals surface area (Å²) in [5.41, 5.74) is 6.56. The standard InChI is InChI=1S/C11H10BrClN4O/c1-17-10(14)7(5-15-17)11(18)16-9-3-2-6(12)4-8(9)13/h2-5H,14H2,1H3,(H,16,18). The molecule has 0 aliphatic rings. The molecule has 0 radical (unpaired) electrons. The molecule has 0 bridgehead atoms. The molecule has 0 aliphatic heterocycles. The van der Waals surface area contributed by atoms with Crippen molar-refractivity contribution in [3.8, 4) is 0 Å². The fraction of sp³-hybridized carbons (Fsp3) is 0.0909. The zero-order chi connectivity index (χ0) is 13.3. The number of carbonyl (C=O) groups is 1. The number of nitrogens with one attached hydrogen (secondary N) is 1. The van der Waals surface area contributed by atoms with Crippen molar-refractivity contribution < 1.29 is 4.79 Å². The number of benzene rings is 1. The number of nitrogens with zero attached hydrogens (tertiary/aromatic N) is 2. The van der Waals surface area contributed by atoms with Gasteiger partial charge in [0.15, 0.2) is 0 Å². The van der Waals surface area contributed by atoms with Gasteiger partial charge in [0.2, 0.25) is 0 Å². The van der Waals surface area contributed by atoms with Crippen molar-refractivity contribution in [2.45, 2.75) is 0 Å². The first kappa shape index (κ1) is 12.9. The summed E-state index contributed by atoms with van der Waals surface area (Å²) in [4.78, 5) is 12.0. The molecule has 0 atom stereocenters. The van der Waals surface area contributed by atoms with Gasteiger partial charge in [0.1, 0.15) is 11.4 Å². The van der Waals surface area contributed by atoms with Crippen LogP contribution in [0, 0.1) is 0 Å².